The van der Waals surface area contributed by atoms with Crippen molar-refractivity contribution in [1.29, 1.82) is 0 Å². The maximum absolute atomic E-state index is 4.53. The summed E-state index contributed by atoms with van der Waals surface area (Å²) in [6.45, 7) is 2.08. The van der Waals surface area contributed by atoms with E-state index in [0.29, 0.717) is 6.04 Å². The summed E-state index contributed by atoms with van der Waals surface area (Å²) in [5.74, 6) is 1.46. The lowest BCUT2D eigenvalue weighted by molar-refractivity contribution is 0.486. The van der Waals surface area contributed by atoms with Gasteiger partial charge in [0.25, 0.3) is 0 Å². The molecule has 2 heteroatoms. The zero-order valence-corrected chi connectivity index (χ0v) is 12.2. The third kappa shape index (κ3) is 2.91. The number of aryl methyl sites for hydroxylation is 1. The lowest BCUT2D eigenvalue weighted by atomic mass is 10.0. The molecule has 20 heavy (non-hydrogen) atoms. The van der Waals surface area contributed by atoms with E-state index in [2.05, 4.69) is 66.7 Å². The van der Waals surface area contributed by atoms with Crippen LogP contribution < -0.4 is 5.32 Å². The molecular formula is C18H22N2. The van der Waals surface area contributed by atoms with Crippen molar-refractivity contribution in [2.24, 2.45) is 5.92 Å². The SMILES string of the molecule is CNC(Cc1ccc(C)cn1)C1CC1c1ccccc1. The molecule has 0 spiro atoms. The van der Waals surface area contributed by atoms with E-state index < -0.39 is 0 Å². The predicted molar refractivity (Wildman–Crippen MR) is 82.8 cm³/mol. The molecule has 0 aliphatic heterocycles. The highest BCUT2D eigenvalue weighted by Crippen LogP contribution is 2.49. The third-order valence-corrected chi connectivity index (χ3v) is 4.36. The van der Waals surface area contributed by atoms with Crippen LogP contribution in [0.4, 0.5) is 0 Å². The zero-order chi connectivity index (χ0) is 13.9. The highest BCUT2D eigenvalue weighted by atomic mass is 14.9. The Morgan fingerprint density at radius 2 is 2.00 bits per heavy atom. The topological polar surface area (TPSA) is 24.9 Å². The molecule has 3 rings (SSSR count). The summed E-state index contributed by atoms with van der Waals surface area (Å²) in [5.41, 5.74) is 3.90. The van der Waals surface area contributed by atoms with Gasteiger partial charge in [-0.3, -0.25) is 4.98 Å². The van der Waals surface area contributed by atoms with Crippen LogP contribution in [0.25, 0.3) is 0 Å². The van der Waals surface area contributed by atoms with E-state index in [1.165, 1.54) is 23.2 Å². The largest absolute Gasteiger partial charge is 0.316 e. The standard InChI is InChI=1S/C18H22N2/c1-13-8-9-15(20-12-13)10-18(19-2)17-11-16(17)14-6-4-3-5-7-14/h3-9,12,16-19H,10-11H2,1-2H3. The maximum Gasteiger partial charge on any atom is 0.0419 e. The summed E-state index contributed by atoms with van der Waals surface area (Å²) in [6.07, 6.45) is 4.27. The first-order valence-electron chi connectivity index (χ1n) is 7.41. The van der Waals surface area contributed by atoms with Crippen LogP contribution in [0.5, 0.6) is 0 Å². The molecule has 0 radical (unpaired) electrons. The Balaban J connectivity index is 1.65. The number of nitrogens with zero attached hydrogens (tertiary/aromatic N) is 1. The highest BCUT2D eigenvalue weighted by molar-refractivity contribution is 5.27. The molecule has 2 nitrogen and oxygen atoms in total. The summed E-state index contributed by atoms with van der Waals surface area (Å²) in [7, 11) is 2.07. The predicted octanol–water partition coefficient (Wildman–Crippen LogP) is 3.32. The quantitative estimate of drug-likeness (QED) is 0.898. The summed E-state index contributed by atoms with van der Waals surface area (Å²) >= 11 is 0. The van der Waals surface area contributed by atoms with Gasteiger partial charge in [0.15, 0.2) is 0 Å². The van der Waals surface area contributed by atoms with Gasteiger partial charge >= 0.3 is 0 Å². The Kier molecular flexibility index (Phi) is 3.83. The van der Waals surface area contributed by atoms with Crippen LogP contribution in [0, 0.1) is 12.8 Å². The van der Waals surface area contributed by atoms with Crippen LogP contribution in [0.15, 0.2) is 48.7 Å². The highest BCUT2D eigenvalue weighted by Gasteiger charge is 2.43. The van der Waals surface area contributed by atoms with Crippen molar-refractivity contribution >= 4 is 0 Å². The number of hydrogen-bond donors (Lipinski definition) is 1. The third-order valence-electron chi connectivity index (χ3n) is 4.36. The summed E-state index contributed by atoms with van der Waals surface area (Å²) < 4.78 is 0. The molecule has 0 amide bonds. The Labute approximate surface area is 121 Å². The lowest BCUT2D eigenvalue weighted by Gasteiger charge is -2.16. The Morgan fingerprint density at radius 1 is 1.20 bits per heavy atom. The number of likely N-dealkylation sites (N-methyl/N-ethyl adjacent to an activating group) is 1. The zero-order valence-electron chi connectivity index (χ0n) is 12.2. The summed E-state index contributed by atoms with van der Waals surface area (Å²) in [4.78, 5) is 4.53. The number of pyridine rings is 1. The fourth-order valence-electron chi connectivity index (χ4n) is 3.05. The van der Waals surface area contributed by atoms with Gasteiger partial charge in [-0.1, -0.05) is 36.4 Å². The second-order valence-electron chi connectivity index (χ2n) is 5.84. The number of aromatic nitrogens is 1. The van der Waals surface area contributed by atoms with Gasteiger partial charge in [0.05, 0.1) is 0 Å². The molecular weight excluding hydrogens is 244 g/mol. The summed E-state index contributed by atoms with van der Waals surface area (Å²) in [6, 6.07) is 15.7. The average Bonchev–Trinajstić information content (AvgIpc) is 3.28. The van der Waals surface area contributed by atoms with E-state index >= 15 is 0 Å². The fraction of sp³-hybridized carbons (Fsp3) is 0.389. The Morgan fingerprint density at radius 3 is 2.65 bits per heavy atom. The number of benzene rings is 1. The normalized spacial score (nSPS) is 22.5. The molecule has 1 fully saturated rings. The minimum Gasteiger partial charge on any atom is -0.316 e. The van der Waals surface area contributed by atoms with Gasteiger partial charge < -0.3 is 5.32 Å². The molecule has 2 aromatic rings. The van der Waals surface area contributed by atoms with Gasteiger partial charge in [-0.25, -0.2) is 0 Å². The van der Waals surface area contributed by atoms with Crippen molar-refractivity contribution in [1.82, 2.24) is 10.3 Å². The number of hydrogen-bond acceptors (Lipinski definition) is 2. The molecule has 0 bridgehead atoms. The van der Waals surface area contributed by atoms with Crippen molar-refractivity contribution in [2.75, 3.05) is 7.05 Å². The summed E-state index contributed by atoms with van der Waals surface area (Å²) in [5, 5.41) is 3.49. The van der Waals surface area contributed by atoms with Crippen molar-refractivity contribution in [3.63, 3.8) is 0 Å². The smallest absolute Gasteiger partial charge is 0.0419 e. The minimum atomic E-state index is 0.524. The van der Waals surface area contributed by atoms with Gasteiger partial charge in [-0.2, -0.15) is 0 Å². The van der Waals surface area contributed by atoms with Gasteiger partial charge in [0.2, 0.25) is 0 Å². The van der Waals surface area contributed by atoms with Crippen LogP contribution >= 0.6 is 0 Å². The first kappa shape index (κ1) is 13.3. The van der Waals surface area contributed by atoms with Crippen molar-refractivity contribution in [3.8, 4) is 0 Å². The van der Waals surface area contributed by atoms with E-state index in [0.717, 1.165) is 18.3 Å². The van der Waals surface area contributed by atoms with Crippen molar-refractivity contribution in [2.45, 2.75) is 31.7 Å². The van der Waals surface area contributed by atoms with Crippen molar-refractivity contribution < 1.29 is 0 Å². The molecule has 1 saturated carbocycles. The van der Waals surface area contributed by atoms with Crippen LogP contribution in [0.1, 0.15) is 29.2 Å². The first-order valence-corrected chi connectivity index (χ1v) is 7.41. The van der Waals surface area contributed by atoms with Crippen LogP contribution in [0.3, 0.4) is 0 Å². The minimum absolute atomic E-state index is 0.524. The molecule has 1 aliphatic carbocycles. The molecule has 1 aromatic heterocycles. The molecule has 1 heterocycles. The Bertz CT molecular complexity index is 547. The van der Waals surface area contributed by atoms with E-state index in [1.54, 1.807) is 0 Å². The van der Waals surface area contributed by atoms with Gasteiger partial charge in [0, 0.05) is 24.4 Å². The first-order chi connectivity index (χ1) is 9.78. The molecule has 1 aromatic carbocycles. The molecule has 0 saturated heterocycles. The Hall–Kier alpha value is -1.67. The van der Waals surface area contributed by atoms with Crippen LogP contribution in [0.2, 0.25) is 0 Å². The monoisotopic (exact) mass is 266 g/mol. The lowest BCUT2D eigenvalue weighted by Crippen LogP contribution is -2.30. The van der Waals surface area contributed by atoms with E-state index in [1.807, 2.05) is 6.20 Å². The fourth-order valence-corrected chi connectivity index (χ4v) is 3.05. The van der Waals surface area contributed by atoms with E-state index in [-0.39, 0.29) is 0 Å². The molecule has 3 unspecified atom stereocenters. The van der Waals surface area contributed by atoms with Gasteiger partial charge in [-0.15, -0.1) is 0 Å². The van der Waals surface area contributed by atoms with Crippen molar-refractivity contribution in [3.05, 3.63) is 65.5 Å². The van der Waals surface area contributed by atoms with E-state index in [9.17, 15) is 0 Å². The average molecular weight is 266 g/mol. The maximum atomic E-state index is 4.53. The molecule has 3 atom stereocenters. The molecule has 1 aliphatic rings. The van der Waals surface area contributed by atoms with E-state index in [4.69, 9.17) is 0 Å². The molecule has 1 N–H and O–H groups in total. The van der Waals surface area contributed by atoms with Crippen LogP contribution in [-0.2, 0) is 6.42 Å². The second kappa shape index (κ2) is 5.76. The molecule has 104 valence electrons. The van der Waals surface area contributed by atoms with Gasteiger partial charge in [0.1, 0.15) is 0 Å². The van der Waals surface area contributed by atoms with Gasteiger partial charge in [-0.05, 0) is 49.4 Å². The second-order valence-corrected chi connectivity index (χ2v) is 5.84. The number of rotatable bonds is 5. The van der Waals surface area contributed by atoms with Crippen LogP contribution in [-0.4, -0.2) is 18.1 Å². The number of nitrogens with one attached hydrogen (secondary N) is 1.